The van der Waals surface area contributed by atoms with Crippen LogP contribution >= 0.6 is 0 Å². The number of imidazole rings is 1. The van der Waals surface area contributed by atoms with Crippen molar-refractivity contribution < 1.29 is 14.3 Å². The van der Waals surface area contributed by atoms with E-state index in [0.717, 1.165) is 35.6 Å². The lowest BCUT2D eigenvalue weighted by Gasteiger charge is -2.11. The van der Waals surface area contributed by atoms with Crippen molar-refractivity contribution in [1.29, 1.82) is 0 Å². The van der Waals surface area contributed by atoms with Crippen LogP contribution in [0.25, 0.3) is 11.0 Å². The molecule has 0 atom stereocenters. The van der Waals surface area contributed by atoms with Crippen LogP contribution in [-0.4, -0.2) is 28.7 Å². The predicted molar refractivity (Wildman–Crippen MR) is 120 cm³/mol. The molecule has 158 valence electrons. The van der Waals surface area contributed by atoms with Gasteiger partial charge in [-0.15, -0.1) is 0 Å². The second kappa shape index (κ2) is 10.3. The number of aryl methyl sites for hydroxylation is 1. The van der Waals surface area contributed by atoms with Gasteiger partial charge in [-0.2, -0.15) is 0 Å². The molecule has 0 saturated heterocycles. The summed E-state index contributed by atoms with van der Waals surface area (Å²) >= 11 is 0. The summed E-state index contributed by atoms with van der Waals surface area (Å²) in [4.78, 5) is 16.9. The summed E-state index contributed by atoms with van der Waals surface area (Å²) in [7, 11) is 0. The molecule has 6 nitrogen and oxygen atoms in total. The van der Waals surface area contributed by atoms with Crippen molar-refractivity contribution in [3.8, 4) is 11.5 Å². The molecule has 0 saturated carbocycles. The lowest BCUT2D eigenvalue weighted by atomic mass is 10.3. The van der Waals surface area contributed by atoms with Gasteiger partial charge >= 0.3 is 0 Å². The molecule has 0 bridgehead atoms. The molecule has 1 amide bonds. The molecule has 0 spiro atoms. The summed E-state index contributed by atoms with van der Waals surface area (Å²) in [5, 5.41) is 2.91. The van der Waals surface area contributed by atoms with Crippen LogP contribution in [0.1, 0.15) is 12.2 Å². The number of hydrogen-bond donors (Lipinski definition) is 1. The third kappa shape index (κ3) is 5.63. The highest BCUT2D eigenvalue weighted by Crippen LogP contribution is 2.17. The van der Waals surface area contributed by atoms with E-state index in [1.54, 1.807) is 0 Å². The molecule has 3 aromatic carbocycles. The van der Waals surface area contributed by atoms with Crippen LogP contribution in [-0.2, 0) is 17.9 Å². The minimum Gasteiger partial charge on any atom is -0.494 e. The van der Waals surface area contributed by atoms with Crippen LogP contribution in [0.15, 0.2) is 84.9 Å². The normalized spacial score (nSPS) is 10.7. The van der Waals surface area contributed by atoms with Crippen molar-refractivity contribution in [1.82, 2.24) is 14.9 Å². The average Bonchev–Trinajstić information content (AvgIpc) is 3.18. The Hall–Kier alpha value is -3.80. The number of ether oxygens (including phenoxy) is 2. The molecule has 0 aliphatic rings. The minimum atomic E-state index is -0.185. The van der Waals surface area contributed by atoms with Gasteiger partial charge in [-0.3, -0.25) is 4.79 Å². The van der Waals surface area contributed by atoms with Gasteiger partial charge in [0, 0.05) is 6.54 Å². The third-order valence-corrected chi connectivity index (χ3v) is 4.83. The number of para-hydroxylation sites is 4. The Kier molecular flexibility index (Phi) is 6.80. The van der Waals surface area contributed by atoms with E-state index in [0.29, 0.717) is 18.9 Å². The lowest BCUT2D eigenvalue weighted by Crippen LogP contribution is -2.29. The smallest absolute Gasteiger partial charge is 0.258 e. The van der Waals surface area contributed by atoms with E-state index in [2.05, 4.69) is 9.88 Å². The molecule has 31 heavy (non-hydrogen) atoms. The summed E-state index contributed by atoms with van der Waals surface area (Å²) in [6, 6.07) is 27.1. The van der Waals surface area contributed by atoms with E-state index >= 15 is 0 Å². The van der Waals surface area contributed by atoms with Gasteiger partial charge in [-0.05, 0) is 42.8 Å². The van der Waals surface area contributed by atoms with E-state index in [4.69, 9.17) is 14.5 Å². The van der Waals surface area contributed by atoms with Crippen molar-refractivity contribution in [2.24, 2.45) is 0 Å². The molecular formula is C25H25N3O3. The molecule has 0 fully saturated rings. The maximum atomic E-state index is 12.2. The number of aromatic nitrogens is 2. The molecule has 0 radical (unpaired) electrons. The van der Waals surface area contributed by atoms with Crippen LogP contribution in [0.5, 0.6) is 11.5 Å². The van der Waals surface area contributed by atoms with Gasteiger partial charge in [0.05, 0.1) is 24.2 Å². The van der Waals surface area contributed by atoms with Gasteiger partial charge in [-0.25, -0.2) is 4.98 Å². The summed E-state index contributed by atoms with van der Waals surface area (Å²) in [5.41, 5.74) is 1.96. The predicted octanol–water partition coefficient (Wildman–Crippen LogP) is 4.20. The monoisotopic (exact) mass is 415 g/mol. The third-order valence-electron chi connectivity index (χ3n) is 4.83. The first kappa shape index (κ1) is 20.5. The quantitative estimate of drug-likeness (QED) is 0.394. The number of nitrogens with one attached hydrogen (secondary N) is 1. The number of rotatable bonds is 10. The van der Waals surface area contributed by atoms with Gasteiger partial charge in [0.2, 0.25) is 0 Å². The standard InChI is InChI=1S/C25H25N3O3/c29-25(19-31-21-12-5-2-6-13-21)26-18-24-27-22-14-7-8-15-23(22)28(24)16-9-17-30-20-10-3-1-4-11-20/h1-8,10-15H,9,16-19H2,(H,26,29). The maximum Gasteiger partial charge on any atom is 0.258 e. The molecule has 6 heteroatoms. The topological polar surface area (TPSA) is 65.4 Å². The number of amides is 1. The van der Waals surface area contributed by atoms with E-state index in [-0.39, 0.29) is 12.5 Å². The Bertz CT molecular complexity index is 1110. The highest BCUT2D eigenvalue weighted by molar-refractivity contribution is 5.78. The van der Waals surface area contributed by atoms with Gasteiger partial charge in [0.1, 0.15) is 17.3 Å². The van der Waals surface area contributed by atoms with Crippen LogP contribution in [0.2, 0.25) is 0 Å². The molecule has 1 N–H and O–H groups in total. The van der Waals surface area contributed by atoms with Crippen molar-refractivity contribution in [3.63, 3.8) is 0 Å². The van der Waals surface area contributed by atoms with Crippen molar-refractivity contribution in [3.05, 3.63) is 90.8 Å². The summed E-state index contributed by atoms with van der Waals surface area (Å²) in [6.07, 6.45) is 0.827. The summed E-state index contributed by atoms with van der Waals surface area (Å²) in [5.74, 6) is 2.16. The number of carbonyl (C=O) groups is 1. The van der Waals surface area contributed by atoms with E-state index in [1.807, 2.05) is 84.9 Å². The first-order chi connectivity index (χ1) is 15.3. The Labute approximate surface area is 181 Å². The van der Waals surface area contributed by atoms with E-state index in [9.17, 15) is 4.79 Å². The molecule has 0 aliphatic heterocycles. The van der Waals surface area contributed by atoms with Gasteiger partial charge < -0.3 is 19.4 Å². The van der Waals surface area contributed by atoms with Gasteiger partial charge in [-0.1, -0.05) is 48.5 Å². The van der Waals surface area contributed by atoms with E-state index < -0.39 is 0 Å². The average molecular weight is 415 g/mol. The zero-order valence-corrected chi connectivity index (χ0v) is 17.2. The number of nitrogens with zero attached hydrogens (tertiary/aromatic N) is 2. The molecule has 4 rings (SSSR count). The van der Waals surface area contributed by atoms with E-state index in [1.165, 1.54) is 0 Å². The van der Waals surface area contributed by atoms with Gasteiger partial charge in [0.15, 0.2) is 6.61 Å². The highest BCUT2D eigenvalue weighted by Gasteiger charge is 2.12. The first-order valence-corrected chi connectivity index (χ1v) is 10.4. The molecular weight excluding hydrogens is 390 g/mol. The Morgan fingerprint density at radius 2 is 1.48 bits per heavy atom. The fourth-order valence-corrected chi connectivity index (χ4v) is 3.33. The highest BCUT2D eigenvalue weighted by atomic mass is 16.5. The SMILES string of the molecule is O=C(COc1ccccc1)NCc1nc2ccccc2n1CCCOc1ccccc1. The molecule has 1 heterocycles. The summed E-state index contributed by atoms with van der Waals surface area (Å²) < 4.78 is 13.5. The van der Waals surface area contributed by atoms with Crippen LogP contribution in [0.3, 0.4) is 0 Å². The second-order valence-corrected chi connectivity index (χ2v) is 7.06. The van der Waals surface area contributed by atoms with Crippen molar-refractivity contribution in [2.75, 3.05) is 13.2 Å². The lowest BCUT2D eigenvalue weighted by molar-refractivity contribution is -0.123. The fraction of sp³-hybridized carbons (Fsp3) is 0.200. The maximum absolute atomic E-state index is 12.2. The Morgan fingerprint density at radius 3 is 2.23 bits per heavy atom. The largest absolute Gasteiger partial charge is 0.494 e. The van der Waals surface area contributed by atoms with Crippen molar-refractivity contribution >= 4 is 16.9 Å². The zero-order valence-electron chi connectivity index (χ0n) is 17.2. The number of fused-ring (bicyclic) bond motifs is 1. The van der Waals surface area contributed by atoms with Crippen LogP contribution < -0.4 is 14.8 Å². The van der Waals surface area contributed by atoms with Gasteiger partial charge in [0.25, 0.3) is 5.91 Å². The molecule has 1 aromatic heterocycles. The Morgan fingerprint density at radius 1 is 0.839 bits per heavy atom. The number of carbonyl (C=O) groups excluding carboxylic acids is 1. The van der Waals surface area contributed by atoms with Crippen LogP contribution in [0.4, 0.5) is 0 Å². The summed E-state index contributed by atoms with van der Waals surface area (Å²) in [6.45, 7) is 1.66. The fourth-order valence-electron chi connectivity index (χ4n) is 3.33. The van der Waals surface area contributed by atoms with Crippen LogP contribution in [0, 0.1) is 0 Å². The molecule has 4 aromatic rings. The Balaban J connectivity index is 1.34. The number of benzene rings is 3. The minimum absolute atomic E-state index is 0.0326. The second-order valence-electron chi connectivity index (χ2n) is 7.06. The molecule has 0 aliphatic carbocycles. The van der Waals surface area contributed by atoms with Crippen molar-refractivity contribution in [2.45, 2.75) is 19.5 Å². The first-order valence-electron chi connectivity index (χ1n) is 10.4. The number of hydrogen-bond acceptors (Lipinski definition) is 4. The molecule has 0 unspecified atom stereocenters. The zero-order chi connectivity index (χ0) is 21.3.